The minimum Gasteiger partial charge on any atom is -0.327 e. The van der Waals surface area contributed by atoms with Gasteiger partial charge in [0.15, 0.2) is 0 Å². The van der Waals surface area contributed by atoms with E-state index in [1.54, 1.807) is 0 Å². The van der Waals surface area contributed by atoms with Gasteiger partial charge >= 0.3 is 0 Å². The molecular formula is C15H25NO2. The van der Waals surface area contributed by atoms with Crippen LogP contribution in [0.3, 0.4) is 0 Å². The van der Waals surface area contributed by atoms with Crippen LogP contribution in [0.15, 0.2) is 0 Å². The standard InChI is InChI=1S/C15H25NO2/c1-4-6-12-7-5-8-15(9-10-15)16(12)14(18)13(17)11(2)3/h11-12H,4-10H2,1-3H3. The molecule has 0 N–H and O–H groups in total. The average molecular weight is 251 g/mol. The molecule has 1 spiro atoms. The number of nitrogens with zero attached hydrogens (tertiary/aromatic N) is 1. The number of rotatable bonds is 4. The molecule has 18 heavy (non-hydrogen) atoms. The summed E-state index contributed by atoms with van der Waals surface area (Å²) in [5.74, 6) is -0.595. The number of hydrogen-bond acceptors (Lipinski definition) is 2. The molecule has 2 aliphatic rings. The number of hydrogen-bond donors (Lipinski definition) is 0. The molecule has 0 bridgehead atoms. The van der Waals surface area contributed by atoms with Crippen molar-refractivity contribution in [2.75, 3.05) is 0 Å². The fourth-order valence-corrected chi connectivity index (χ4v) is 3.29. The molecule has 1 unspecified atom stereocenters. The van der Waals surface area contributed by atoms with E-state index < -0.39 is 0 Å². The number of carbonyl (C=O) groups excluding carboxylic acids is 2. The van der Waals surface area contributed by atoms with Gasteiger partial charge in [0.25, 0.3) is 5.91 Å². The zero-order chi connectivity index (χ0) is 13.3. The molecule has 0 aromatic carbocycles. The van der Waals surface area contributed by atoms with Gasteiger partial charge in [0.1, 0.15) is 0 Å². The van der Waals surface area contributed by atoms with E-state index in [-0.39, 0.29) is 23.1 Å². The summed E-state index contributed by atoms with van der Waals surface area (Å²) in [6, 6.07) is 0.307. The molecule has 2 rings (SSSR count). The third-order valence-electron chi connectivity index (χ3n) is 4.46. The molecule has 0 aromatic heterocycles. The predicted octanol–water partition coefficient (Wildman–Crippen LogP) is 2.93. The molecular weight excluding hydrogens is 226 g/mol. The summed E-state index contributed by atoms with van der Waals surface area (Å²) in [6.45, 7) is 5.79. The molecule has 0 aromatic rings. The van der Waals surface area contributed by atoms with Crippen molar-refractivity contribution in [2.45, 2.75) is 77.3 Å². The molecule has 1 saturated carbocycles. The maximum atomic E-state index is 12.5. The van der Waals surface area contributed by atoms with E-state index >= 15 is 0 Å². The van der Waals surface area contributed by atoms with Gasteiger partial charge in [0, 0.05) is 17.5 Å². The van der Waals surface area contributed by atoms with Crippen LogP contribution in [0.2, 0.25) is 0 Å². The number of piperidine rings is 1. The van der Waals surface area contributed by atoms with E-state index in [1.165, 1.54) is 6.42 Å². The molecule has 1 heterocycles. The van der Waals surface area contributed by atoms with Crippen molar-refractivity contribution >= 4 is 11.7 Å². The molecule has 3 heteroatoms. The van der Waals surface area contributed by atoms with E-state index in [2.05, 4.69) is 6.92 Å². The quantitative estimate of drug-likeness (QED) is 0.720. The summed E-state index contributed by atoms with van der Waals surface area (Å²) in [5.41, 5.74) is 0.0692. The Labute approximate surface area is 110 Å². The van der Waals surface area contributed by atoms with E-state index in [0.717, 1.165) is 38.5 Å². The lowest BCUT2D eigenvalue weighted by Crippen LogP contribution is -2.54. The normalized spacial score (nSPS) is 25.6. The Morgan fingerprint density at radius 2 is 1.94 bits per heavy atom. The van der Waals surface area contributed by atoms with E-state index in [9.17, 15) is 9.59 Å². The van der Waals surface area contributed by atoms with Gasteiger partial charge in [-0.25, -0.2) is 0 Å². The first-order chi connectivity index (χ1) is 8.52. The van der Waals surface area contributed by atoms with Crippen LogP contribution in [0.1, 0.15) is 65.7 Å². The van der Waals surface area contributed by atoms with Crippen molar-refractivity contribution in [3.05, 3.63) is 0 Å². The van der Waals surface area contributed by atoms with Crippen LogP contribution in [-0.4, -0.2) is 28.2 Å². The lowest BCUT2D eigenvalue weighted by Gasteiger charge is -2.43. The zero-order valence-corrected chi connectivity index (χ0v) is 11.9. The smallest absolute Gasteiger partial charge is 0.290 e. The van der Waals surface area contributed by atoms with Gasteiger partial charge in [-0.3, -0.25) is 9.59 Å². The predicted molar refractivity (Wildman–Crippen MR) is 71.2 cm³/mol. The van der Waals surface area contributed by atoms with Crippen molar-refractivity contribution in [3.63, 3.8) is 0 Å². The molecule has 102 valence electrons. The van der Waals surface area contributed by atoms with Crippen LogP contribution in [0.25, 0.3) is 0 Å². The van der Waals surface area contributed by atoms with Crippen molar-refractivity contribution in [2.24, 2.45) is 5.92 Å². The minimum atomic E-state index is -0.208. The number of likely N-dealkylation sites (tertiary alicyclic amines) is 1. The van der Waals surface area contributed by atoms with Gasteiger partial charge < -0.3 is 4.90 Å². The fourth-order valence-electron chi connectivity index (χ4n) is 3.29. The molecule has 1 aliphatic carbocycles. The van der Waals surface area contributed by atoms with Crippen LogP contribution in [0.5, 0.6) is 0 Å². The Balaban J connectivity index is 2.18. The highest BCUT2D eigenvalue weighted by Crippen LogP contribution is 2.51. The molecule has 0 radical (unpaired) electrons. The number of amides is 1. The first kappa shape index (κ1) is 13.6. The Kier molecular flexibility index (Phi) is 3.79. The van der Waals surface area contributed by atoms with Crippen LogP contribution in [-0.2, 0) is 9.59 Å². The monoisotopic (exact) mass is 251 g/mol. The summed E-state index contributed by atoms with van der Waals surface area (Å²) in [5, 5.41) is 0. The second-order valence-corrected chi connectivity index (χ2v) is 6.25. The number of Topliss-reactive ketones (excluding diaryl/α,β-unsaturated/α-hetero) is 1. The lowest BCUT2D eigenvalue weighted by molar-refractivity contribution is -0.152. The van der Waals surface area contributed by atoms with Gasteiger partial charge in [-0.1, -0.05) is 27.2 Å². The van der Waals surface area contributed by atoms with Crippen LogP contribution in [0, 0.1) is 5.92 Å². The van der Waals surface area contributed by atoms with Crippen LogP contribution in [0.4, 0.5) is 0 Å². The molecule has 1 saturated heterocycles. The van der Waals surface area contributed by atoms with E-state index in [4.69, 9.17) is 0 Å². The zero-order valence-electron chi connectivity index (χ0n) is 11.9. The molecule has 1 amide bonds. The maximum absolute atomic E-state index is 12.5. The first-order valence-corrected chi connectivity index (χ1v) is 7.39. The third-order valence-corrected chi connectivity index (χ3v) is 4.46. The fraction of sp³-hybridized carbons (Fsp3) is 0.867. The highest BCUT2D eigenvalue weighted by Gasteiger charge is 2.54. The van der Waals surface area contributed by atoms with Crippen molar-refractivity contribution in [3.8, 4) is 0 Å². The summed E-state index contributed by atoms with van der Waals surface area (Å²) in [7, 11) is 0. The van der Waals surface area contributed by atoms with Crippen LogP contribution < -0.4 is 0 Å². The number of ketones is 1. The number of carbonyl (C=O) groups is 2. The largest absolute Gasteiger partial charge is 0.327 e. The molecule has 1 aliphatic heterocycles. The second-order valence-electron chi connectivity index (χ2n) is 6.25. The SMILES string of the molecule is CCCC1CCCC2(CC2)N1C(=O)C(=O)C(C)C. The molecule has 3 nitrogen and oxygen atoms in total. The summed E-state index contributed by atoms with van der Waals surface area (Å²) in [6.07, 6.45) is 7.72. The average Bonchev–Trinajstić information content (AvgIpc) is 3.08. The summed E-state index contributed by atoms with van der Waals surface area (Å²) in [4.78, 5) is 26.5. The van der Waals surface area contributed by atoms with Gasteiger partial charge in [-0.2, -0.15) is 0 Å². The van der Waals surface area contributed by atoms with Crippen molar-refractivity contribution < 1.29 is 9.59 Å². The highest BCUT2D eigenvalue weighted by molar-refractivity contribution is 6.37. The Bertz CT molecular complexity index is 342. The van der Waals surface area contributed by atoms with E-state index in [1.807, 2.05) is 18.7 Å². The topological polar surface area (TPSA) is 37.4 Å². The first-order valence-electron chi connectivity index (χ1n) is 7.39. The van der Waals surface area contributed by atoms with E-state index in [0.29, 0.717) is 6.04 Å². The molecule has 2 fully saturated rings. The van der Waals surface area contributed by atoms with Crippen molar-refractivity contribution in [1.29, 1.82) is 0 Å². The van der Waals surface area contributed by atoms with Gasteiger partial charge in [-0.05, 0) is 38.5 Å². The Hall–Kier alpha value is -0.860. The summed E-state index contributed by atoms with van der Waals surface area (Å²) >= 11 is 0. The Morgan fingerprint density at radius 3 is 2.44 bits per heavy atom. The highest BCUT2D eigenvalue weighted by atomic mass is 16.2. The maximum Gasteiger partial charge on any atom is 0.290 e. The summed E-state index contributed by atoms with van der Waals surface area (Å²) < 4.78 is 0. The second kappa shape index (κ2) is 5.02. The minimum absolute atomic E-state index is 0.0692. The van der Waals surface area contributed by atoms with Gasteiger partial charge in [-0.15, -0.1) is 0 Å². The van der Waals surface area contributed by atoms with Crippen LogP contribution >= 0.6 is 0 Å². The van der Waals surface area contributed by atoms with Crippen molar-refractivity contribution in [1.82, 2.24) is 4.90 Å². The molecule has 1 atom stereocenters. The third kappa shape index (κ3) is 2.32. The Morgan fingerprint density at radius 1 is 1.28 bits per heavy atom. The van der Waals surface area contributed by atoms with Gasteiger partial charge in [0.2, 0.25) is 5.78 Å². The lowest BCUT2D eigenvalue weighted by atomic mass is 9.90. The van der Waals surface area contributed by atoms with Gasteiger partial charge in [0.05, 0.1) is 0 Å².